The van der Waals surface area contributed by atoms with Gasteiger partial charge in [-0.15, -0.1) is 0 Å². The number of H-pyrrole nitrogens is 1. The topological polar surface area (TPSA) is 93.7 Å². The average molecular weight is 379 g/mol. The number of imide groups is 1. The highest BCUT2D eigenvalue weighted by molar-refractivity contribution is 6.42. The first-order chi connectivity index (χ1) is 13.4. The Bertz CT molecular complexity index is 1020. The number of fused-ring (bicyclic) bond motifs is 1. The van der Waals surface area contributed by atoms with Gasteiger partial charge in [-0.2, -0.15) is 0 Å². The number of likely N-dealkylation sites (tertiary alicyclic amines) is 1. The summed E-state index contributed by atoms with van der Waals surface area (Å²) in [4.78, 5) is 43.4. The number of carboxylic acid groups (broad SMARTS) is 1. The zero-order valence-corrected chi connectivity index (χ0v) is 15.7. The van der Waals surface area contributed by atoms with E-state index in [1.807, 2.05) is 26.0 Å². The minimum Gasteiger partial charge on any atom is -0.480 e. The Hall–Kier alpha value is -3.35. The maximum atomic E-state index is 13.2. The summed E-state index contributed by atoms with van der Waals surface area (Å²) in [7, 11) is 0. The van der Waals surface area contributed by atoms with E-state index >= 15 is 0 Å². The van der Waals surface area contributed by atoms with Gasteiger partial charge in [-0.25, -0.2) is 14.5 Å². The molecule has 0 spiro atoms. The molecule has 0 aliphatic carbocycles. The first-order valence-electron chi connectivity index (χ1n) is 9.23. The van der Waals surface area contributed by atoms with E-state index in [2.05, 4.69) is 4.98 Å². The van der Waals surface area contributed by atoms with Gasteiger partial charge in [0.1, 0.15) is 6.04 Å². The lowest BCUT2D eigenvalue weighted by atomic mass is 10.1. The predicted octanol–water partition coefficient (Wildman–Crippen LogP) is 3.19. The molecule has 4 rings (SSSR count). The second-order valence-electron chi connectivity index (χ2n) is 7.24. The second kappa shape index (κ2) is 6.67. The van der Waals surface area contributed by atoms with Crippen molar-refractivity contribution < 1.29 is 19.5 Å². The third-order valence-electron chi connectivity index (χ3n) is 5.32. The van der Waals surface area contributed by atoms with Gasteiger partial charge in [-0.3, -0.25) is 4.79 Å². The molecule has 144 valence electrons. The van der Waals surface area contributed by atoms with Crippen LogP contribution in [0.15, 0.2) is 30.3 Å². The number of rotatable bonds is 2. The smallest absolute Gasteiger partial charge is 0.332 e. The van der Waals surface area contributed by atoms with E-state index in [-0.39, 0.29) is 0 Å². The molecule has 28 heavy (non-hydrogen) atoms. The lowest BCUT2D eigenvalue weighted by Gasteiger charge is -2.26. The number of aromatic amines is 1. The van der Waals surface area contributed by atoms with Crippen LogP contribution in [-0.4, -0.2) is 45.5 Å². The molecule has 2 aliphatic heterocycles. The molecule has 1 unspecified atom stereocenters. The van der Waals surface area contributed by atoms with Gasteiger partial charge >= 0.3 is 12.0 Å². The number of amides is 3. The standard InChI is InChI=1S/C21H21N3O4/c1-12-10-13(2)22-16(12)11-15-14-6-3-4-7-17(14)24(19(15)25)21(28)23-9-5-8-18(23)20(26)27/h3-4,6-7,10-11,18,22H,5,8-9H2,1-2H3,(H,26,27)/b15-11-. The van der Waals surface area contributed by atoms with Crippen LogP contribution in [0, 0.1) is 13.8 Å². The summed E-state index contributed by atoms with van der Waals surface area (Å²) in [5, 5.41) is 9.40. The molecule has 1 fully saturated rings. The van der Waals surface area contributed by atoms with Crippen molar-refractivity contribution in [2.45, 2.75) is 32.7 Å². The zero-order valence-electron chi connectivity index (χ0n) is 15.7. The number of carbonyl (C=O) groups excluding carboxylic acids is 2. The number of anilines is 1. The van der Waals surface area contributed by atoms with E-state index in [4.69, 9.17) is 0 Å². The van der Waals surface area contributed by atoms with Crippen molar-refractivity contribution in [2.75, 3.05) is 11.4 Å². The molecule has 0 bridgehead atoms. The number of aliphatic carboxylic acids is 1. The molecule has 1 aromatic heterocycles. The first-order valence-corrected chi connectivity index (χ1v) is 9.23. The highest BCUT2D eigenvalue weighted by Crippen LogP contribution is 2.39. The lowest BCUT2D eigenvalue weighted by molar-refractivity contribution is -0.141. The number of nitrogens with one attached hydrogen (secondary N) is 1. The van der Waals surface area contributed by atoms with Gasteiger partial charge in [0.25, 0.3) is 5.91 Å². The fourth-order valence-corrected chi connectivity index (χ4v) is 4.00. The van der Waals surface area contributed by atoms with Gasteiger partial charge in [-0.1, -0.05) is 18.2 Å². The largest absolute Gasteiger partial charge is 0.480 e. The Kier molecular flexibility index (Phi) is 4.30. The van der Waals surface area contributed by atoms with E-state index in [9.17, 15) is 19.5 Å². The SMILES string of the molecule is Cc1cc(C)c(/C=C2\C(=O)N(C(=O)N3CCCC3C(=O)O)c3ccccc32)[nH]1. The molecule has 0 radical (unpaired) electrons. The normalized spacial score (nSPS) is 20.1. The van der Waals surface area contributed by atoms with Crippen LogP contribution >= 0.6 is 0 Å². The summed E-state index contributed by atoms with van der Waals surface area (Å²) in [5.74, 6) is -1.48. The van der Waals surface area contributed by atoms with Gasteiger partial charge in [0.05, 0.1) is 11.3 Å². The van der Waals surface area contributed by atoms with E-state index in [1.165, 1.54) is 4.90 Å². The molecule has 2 aliphatic rings. The molecule has 1 saturated heterocycles. The summed E-state index contributed by atoms with van der Waals surface area (Å²) < 4.78 is 0. The average Bonchev–Trinajstić information content (AvgIpc) is 3.33. The van der Waals surface area contributed by atoms with Crippen LogP contribution in [-0.2, 0) is 9.59 Å². The summed E-state index contributed by atoms with van der Waals surface area (Å²) in [6, 6.07) is 7.61. The molecule has 3 amide bonds. The molecule has 1 aromatic carbocycles. The van der Waals surface area contributed by atoms with Crippen LogP contribution in [0.25, 0.3) is 11.6 Å². The molecule has 7 heteroatoms. The van der Waals surface area contributed by atoms with E-state index in [1.54, 1.807) is 24.3 Å². The first kappa shape index (κ1) is 18.0. The Labute approximate surface area is 162 Å². The number of aromatic nitrogens is 1. The number of para-hydroxylation sites is 1. The number of carbonyl (C=O) groups is 3. The van der Waals surface area contributed by atoms with Crippen molar-refractivity contribution in [2.24, 2.45) is 0 Å². The minimum atomic E-state index is -1.04. The van der Waals surface area contributed by atoms with Gasteiger partial charge in [0.15, 0.2) is 0 Å². The van der Waals surface area contributed by atoms with Crippen LogP contribution < -0.4 is 4.90 Å². The Morgan fingerprint density at radius 2 is 2.00 bits per heavy atom. The minimum absolute atomic E-state index is 0.329. The van der Waals surface area contributed by atoms with E-state index in [0.29, 0.717) is 36.2 Å². The molecular formula is C21H21N3O4. The molecule has 1 atom stereocenters. The van der Waals surface area contributed by atoms with Crippen LogP contribution in [0.3, 0.4) is 0 Å². The third kappa shape index (κ3) is 2.79. The Morgan fingerprint density at radius 3 is 2.68 bits per heavy atom. The highest BCUT2D eigenvalue weighted by Gasteiger charge is 2.43. The highest BCUT2D eigenvalue weighted by atomic mass is 16.4. The Balaban J connectivity index is 1.76. The van der Waals surface area contributed by atoms with E-state index < -0.39 is 23.9 Å². The fourth-order valence-electron chi connectivity index (χ4n) is 4.00. The van der Waals surface area contributed by atoms with Crippen LogP contribution in [0.4, 0.5) is 10.5 Å². The number of carboxylic acids is 1. The maximum Gasteiger partial charge on any atom is 0.332 e. The fraction of sp³-hybridized carbons (Fsp3) is 0.286. The molecule has 2 aromatic rings. The summed E-state index contributed by atoms with van der Waals surface area (Å²) >= 11 is 0. The van der Waals surface area contributed by atoms with Crippen LogP contribution in [0.5, 0.6) is 0 Å². The molecule has 3 heterocycles. The number of hydrogen-bond donors (Lipinski definition) is 2. The zero-order chi connectivity index (χ0) is 20.0. The molecule has 0 saturated carbocycles. The van der Waals surface area contributed by atoms with Crippen molar-refractivity contribution >= 4 is 35.2 Å². The molecule has 7 nitrogen and oxygen atoms in total. The lowest BCUT2D eigenvalue weighted by Crippen LogP contribution is -2.49. The van der Waals surface area contributed by atoms with Crippen LogP contribution in [0.2, 0.25) is 0 Å². The van der Waals surface area contributed by atoms with Crippen molar-refractivity contribution in [3.63, 3.8) is 0 Å². The van der Waals surface area contributed by atoms with E-state index in [0.717, 1.165) is 21.9 Å². The van der Waals surface area contributed by atoms with Crippen molar-refractivity contribution in [1.29, 1.82) is 0 Å². The number of aryl methyl sites for hydroxylation is 2. The third-order valence-corrected chi connectivity index (χ3v) is 5.32. The second-order valence-corrected chi connectivity index (χ2v) is 7.24. The van der Waals surface area contributed by atoms with Gasteiger partial charge < -0.3 is 15.0 Å². The van der Waals surface area contributed by atoms with Gasteiger partial charge in [0.2, 0.25) is 0 Å². The Morgan fingerprint density at radius 1 is 1.25 bits per heavy atom. The summed E-state index contributed by atoms with van der Waals surface area (Å²) in [6.07, 6.45) is 2.76. The van der Waals surface area contributed by atoms with Crippen molar-refractivity contribution in [1.82, 2.24) is 9.88 Å². The summed E-state index contributed by atoms with van der Waals surface area (Å²) in [6.45, 7) is 4.22. The van der Waals surface area contributed by atoms with Crippen molar-refractivity contribution in [3.05, 3.63) is 52.8 Å². The quantitative estimate of drug-likeness (QED) is 0.784. The van der Waals surface area contributed by atoms with Gasteiger partial charge in [-0.05, 0) is 50.5 Å². The van der Waals surface area contributed by atoms with Gasteiger partial charge in [0, 0.05) is 23.5 Å². The predicted molar refractivity (Wildman–Crippen MR) is 105 cm³/mol. The molecular weight excluding hydrogens is 358 g/mol. The van der Waals surface area contributed by atoms with Crippen LogP contribution in [0.1, 0.15) is 35.4 Å². The monoisotopic (exact) mass is 379 g/mol. The number of urea groups is 1. The maximum absolute atomic E-state index is 13.2. The number of hydrogen-bond acceptors (Lipinski definition) is 3. The number of benzene rings is 1. The summed E-state index contributed by atoms with van der Waals surface area (Å²) in [5.41, 5.74) is 4.37. The number of nitrogens with zero attached hydrogens (tertiary/aromatic N) is 2. The van der Waals surface area contributed by atoms with Crippen molar-refractivity contribution in [3.8, 4) is 0 Å². The molecule has 2 N–H and O–H groups in total.